The molecule has 11 nitrogen and oxygen atoms in total. The number of sulfone groups is 1. The molecule has 0 saturated heterocycles. The average molecular weight is 521 g/mol. The third kappa shape index (κ3) is 3.54. The van der Waals surface area contributed by atoms with E-state index in [2.05, 4.69) is 0 Å². The average Bonchev–Trinajstić information content (AvgIpc) is 2.72. The van der Waals surface area contributed by atoms with Crippen LogP contribution in [-0.4, -0.2) is 83.2 Å². The molecule has 3 aliphatic rings. The predicted molar refractivity (Wildman–Crippen MR) is 128 cm³/mol. The van der Waals surface area contributed by atoms with E-state index in [9.17, 15) is 43.2 Å². The van der Waals surface area contributed by atoms with Gasteiger partial charge in [-0.15, -0.1) is 0 Å². The Hall–Kier alpha value is -3.22. The Morgan fingerprint density at radius 1 is 1.22 bits per heavy atom. The van der Waals surface area contributed by atoms with Gasteiger partial charge < -0.3 is 26.2 Å². The topological polar surface area (TPSA) is 196 Å². The smallest absolute Gasteiger partial charge is 0.255 e. The van der Waals surface area contributed by atoms with Crippen molar-refractivity contribution in [3.05, 3.63) is 45.2 Å². The molecule has 1 aromatic carbocycles. The number of ketones is 2. The summed E-state index contributed by atoms with van der Waals surface area (Å²) in [6.45, 7) is 1.68. The lowest BCUT2D eigenvalue weighted by Gasteiger charge is -2.50. The van der Waals surface area contributed by atoms with Gasteiger partial charge in [-0.1, -0.05) is 6.07 Å². The minimum absolute atomic E-state index is 0.0168. The number of amides is 1. The molecule has 36 heavy (non-hydrogen) atoms. The van der Waals surface area contributed by atoms with Crippen LogP contribution in [0.1, 0.15) is 28.7 Å². The molecule has 4 rings (SSSR count). The largest absolute Gasteiger partial charge is 0.508 e. The number of hydrogen-bond donors (Lipinski definition) is 5. The van der Waals surface area contributed by atoms with Gasteiger partial charge in [0, 0.05) is 23.3 Å². The summed E-state index contributed by atoms with van der Waals surface area (Å²) in [7, 11) is -0.492. The Balaban J connectivity index is 1.98. The van der Waals surface area contributed by atoms with E-state index in [1.807, 2.05) is 0 Å². The Bertz CT molecular complexity index is 1410. The van der Waals surface area contributed by atoms with Crippen molar-refractivity contribution in [1.29, 1.82) is 0 Å². The number of hydrogen-bond acceptors (Lipinski definition) is 10. The normalized spacial score (nSPS) is 28.2. The second kappa shape index (κ2) is 8.15. The van der Waals surface area contributed by atoms with E-state index in [-0.39, 0.29) is 29.5 Å². The third-order valence-corrected chi connectivity index (χ3v) is 8.28. The first kappa shape index (κ1) is 25.9. The maximum atomic E-state index is 13.8. The van der Waals surface area contributed by atoms with E-state index < -0.39 is 79.4 Å². The number of aryl methyl sites for hydroxylation is 1. The van der Waals surface area contributed by atoms with Crippen molar-refractivity contribution in [2.75, 3.05) is 20.4 Å². The van der Waals surface area contributed by atoms with Gasteiger partial charge in [-0.25, -0.2) is 8.42 Å². The monoisotopic (exact) mass is 520 g/mol. The van der Waals surface area contributed by atoms with Crippen LogP contribution in [0.3, 0.4) is 0 Å². The lowest BCUT2D eigenvalue weighted by atomic mass is 9.57. The highest BCUT2D eigenvalue weighted by molar-refractivity contribution is 7.89. The minimum atomic E-state index is -3.55. The van der Waals surface area contributed by atoms with Gasteiger partial charge in [0.25, 0.3) is 5.91 Å². The first-order valence-corrected chi connectivity index (χ1v) is 13.2. The maximum absolute atomic E-state index is 13.8. The molecule has 1 saturated carbocycles. The number of rotatable bonds is 4. The number of phenolic OH excluding ortho intramolecular Hbond substituents is 1. The number of carbonyl (C=O) groups excluding carboxylic acids is 3. The Kier molecular flexibility index (Phi) is 5.85. The first-order valence-electron chi connectivity index (χ1n) is 11.2. The summed E-state index contributed by atoms with van der Waals surface area (Å²) in [5.41, 5.74) is 2.41. The summed E-state index contributed by atoms with van der Waals surface area (Å²) in [4.78, 5) is 40.3. The second-order valence-electron chi connectivity index (χ2n) is 10.1. The Morgan fingerprint density at radius 3 is 2.36 bits per heavy atom. The summed E-state index contributed by atoms with van der Waals surface area (Å²) < 4.78 is 23.7. The molecule has 0 unspecified atom stereocenters. The molecule has 6 N–H and O–H groups in total. The maximum Gasteiger partial charge on any atom is 0.255 e. The standard InChI is InChI=1S/C24H28N2O9S/c1-9-5-11(8-36(4,34)35)18(27)15-12(9)6-10-7-13-17(26(2)3)20(29)16(23(25)32)22(31)24(13,33)21(30)14(10)19(15)28/h5,10,13,17,27-28,31,33H,6-8H2,1-4H3,(H2,25,32)/t10-,13-,17-,24-/m0/s1. The fraction of sp³-hybridized carbons (Fsp3) is 0.458. The van der Waals surface area contributed by atoms with Crippen LogP contribution in [0.25, 0.3) is 5.76 Å². The number of Topliss-reactive ketones (excluding diaryl/α,β-unsaturated/α-hetero) is 2. The van der Waals surface area contributed by atoms with Crippen molar-refractivity contribution < 1.29 is 43.2 Å². The number of primary amides is 1. The highest BCUT2D eigenvalue weighted by atomic mass is 32.2. The van der Waals surface area contributed by atoms with E-state index >= 15 is 0 Å². The van der Waals surface area contributed by atoms with Crippen LogP contribution in [0.2, 0.25) is 0 Å². The number of likely N-dealkylation sites (N-methyl/N-ethyl adjacent to an activating group) is 1. The molecular formula is C24H28N2O9S. The zero-order chi connectivity index (χ0) is 27.1. The fourth-order valence-corrected chi connectivity index (χ4v) is 6.75. The molecule has 0 heterocycles. The molecule has 0 aliphatic heterocycles. The van der Waals surface area contributed by atoms with Crippen LogP contribution < -0.4 is 5.73 Å². The second-order valence-corrected chi connectivity index (χ2v) is 12.2. The van der Waals surface area contributed by atoms with Crippen molar-refractivity contribution in [3.63, 3.8) is 0 Å². The molecule has 0 bridgehead atoms. The molecule has 4 atom stereocenters. The Labute approximate surface area is 207 Å². The molecule has 1 aromatic rings. The van der Waals surface area contributed by atoms with Crippen LogP contribution in [0.15, 0.2) is 23.0 Å². The molecule has 0 aromatic heterocycles. The lowest BCUT2D eigenvalue weighted by Crippen LogP contribution is -2.65. The SMILES string of the molecule is Cc1cc(CS(C)(=O)=O)c(O)c2c1C[C@H]1C[C@H]3[C@H](N(C)C)C(=O)C(C(N)=O)=C(O)[C@@]3(O)C(=O)C1=C2O. The molecule has 0 spiro atoms. The number of phenols is 1. The third-order valence-electron chi connectivity index (χ3n) is 7.44. The van der Waals surface area contributed by atoms with Crippen LogP contribution >= 0.6 is 0 Å². The molecule has 0 radical (unpaired) electrons. The number of fused-ring (bicyclic) bond motifs is 3. The van der Waals surface area contributed by atoms with Gasteiger partial charge in [-0.2, -0.15) is 0 Å². The summed E-state index contributed by atoms with van der Waals surface area (Å²) >= 11 is 0. The van der Waals surface area contributed by atoms with Gasteiger partial charge in [0.05, 0.1) is 17.4 Å². The Morgan fingerprint density at radius 2 is 1.83 bits per heavy atom. The van der Waals surface area contributed by atoms with Gasteiger partial charge in [0.1, 0.15) is 22.8 Å². The highest BCUT2D eigenvalue weighted by Crippen LogP contribution is 2.53. The van der Waals surface area contributed by atoms with Gasteiger partial charge in [-0.3, -0.25) is 19.3 Å². The van der Waals surface area contributed by atoms with E-state index in [1.165, 1.54) is 25.1 Å². The zero-order valence-corrected chi connectivity index (χ0v) is 21.0. The van der Waals surface area contributed by atoms with E-state index in [0.717, 1.165) is 6.26 Å². The molecule has 1 fully saturated rings. The van der Waals surface area contributed by atoms with Crippen LogP contribution in [0, 0.1) is 18.8 Å². The molecule has 3 aliphatic carbocycles. The number of aromatic hydroxyl groups is 1. The number of benzene rings is 1. The van der Waals surface area contributed by atoms with Crippen molar-refractivity contribution in [1.82, 2.24) is 4.90 Å². The van der Waals surface area contributed by atoms with Crippen molar-refractivity contribution in [2.45, 2.75) is 37.2 Å². The quantitative estimate of drug-likeness (QED) is 0.332. The van der Waals surface area contributed by atoms with Gasteiger partial charge in [0.15, 0.2) is 21.2 Å². The fourth-order valence-electron chi connectivity index (χ4n) is 5.96. The minimum Gasteiger partial charge on any atom is -0.508 e. The van der Waals surface area contributed by atoms with E-state index in [4.69, 9.17) is 5.73 Å². The van der Waals surface area contributed by atoms with Crippen molar-refractivity contribution >= 4 is 33.1 Å². The predicted octanol–water partition coefficient (Wildman–Crippen LogP) is -0.183. The summed E-state index contributed by atoms with van der Waals surface area (Å²) in [5, 5.41) is 44.5. The molecule has 1 amide bonds. The first-order chi connectivity index (χ1) is 16.5. The highest BCUT2D eigenvalue weighted by Gasteiger charge is 2.64. The van der Waals surface area contributed by atoms with E-state index in [0.29, 0.717) is 11.1 Å². The summed E-state index contributed by atoms with van der Waals surface area (Å²) in [6.07, 6.45) is 1.12. The lowest BCUT2D eigenvalue weighted by molar-refractivity contribution is -0.153. The van der Waals surface area contributed by atoms with Gasteiger partial charge in [-0.05, 0) is 50.9 Å². The van der Waals surface area contributed by atoms with Crippen LogP contribution in [0.4, 0.5) is 0 Å². The summed E-state index contributed by atoms with van der Waals surface area (Å²) in [6, 6.07) is 0.351. The number of aliphatic hydroxyl groups is 3. The molecule has 12 heteroatoms. The molecule has 194 valence electrons. The number of nitrogens with two attached hydrogens (primary N) is 1. The number of nitrogens with zero attached hydrogens (tertiary/aromatic N) is 1. The zero-order valence-electron chi connectivity index (χ0n) is 20.2. The van der Waals surface area contributed by atoms with E-state index in [1.54, 1.807) is 6.92 Å². The van der Waals surface area contributed by atoms with Crippen molar-refractivity contribution in [3.8, 4) is 5.75 Å². The number of carbonyl (C=O) groups is 3. The summed E-state index contributed by atoms with van der Waals surface area (Å²) in [5.74, 6) is -7.91. The number of aliphatic hydroxyl groups excluding tert-OH is 2. The molecular weight excluding hydrogens is 492 g/mol. The van der Waals surface area contributed by atoms with Crippen molar-refractivity contribution in [2.24, 2.45) is 17.6 Å². The van der Waals surface area contributed by atoms with Gasteiger partial charge >= 0.3 is 0 Å². The van der Waals surface area contributed by atoms with Gasteiger partial charge in [0.2, 0.25) is 5.78 Å². The van der Waals surface area contributed by atoms with Crippen LogP contribution in [-0.2, 0) is 36.4 Å². The van der Waals surface area contributed by atoms with Crippen LogP contribution in [0.5, 0.6) is 5.75 Å².